The standard InChI is InChI=1S/C17H19N5O3/c1-21(2)15-14-16(19-10-18-15)22(11-20-14)8-13(9-23)25-17(24)12-6-4-3-5-7-12/h3-7,10-11,13,23H,8-9H2,1-2H3. The molecule has 8 heteroatoms. The number of imidazole rings is 1. The molecule has 1 atom stereocenters. The maximum atomic E-state index is 12.2. The Kier molecular flexibility index (Phi) is 4.90. The van der Waals surface area contributed by atoms with E-state index in [1.165, 1.54) is 6.33 Å². The number of fused-ring (bicyclic) bond motifs is 1. The third kappa shape index (κ3) is 3.58. The van der Waals surface area contributed by atoms with E-state index >= 15 is 0 Å². The number of hydrogen-bond acceptors (Lipinski definition) is 7. The smallest absolute Gasteiger partial charge is 0.338 e. The Labute approximate surface area is 144 Å². The zero-order chi connectivity index (χ0) is 17.8. The molecule has 1 N–H and O–H groups in total. The lowest BCUT2D eigenvalue weighted by molar-refractivity contribution is 0.00902. The van der Waals surface area contributed by atoms with Crippen LogP contribution in [0, 0.1) is 0 Å². The highest BCUT2D eigenvalue weighted by molar-refractivity contribution is 5.89. The average Bonchev–Trinajstić information content (AvgIpc) is 3.04. The number of aromatic nitrogens is 4. The van der Waals surface area contributed by atoms with Crippen LogP contribution in [0.4, 0.5) is 5.82 Å². The molecule has 3 aromatic rings. The van der Waals surface area contributed by atoms with Crippen LogP contribution in [0.5, 0.6) is 0 Å². The Hall–Kier alpha value is -3.00. The summed E-state index contributed by atoms with van der Waals surface area (Å²) in [6.07, 6.45) is 2.35. The largest absolute Gasteiger partial charge is 0.454 e. The van der Waals surface area contributed by atoms with Crippen molar-refractivity contribution in [1.82, 2.24) is 19.5 Å². The molecule has 130 valence electrons. The molecule has 0 radical (unpaired) electrons. The van der Waals surface area contributed by atoms with Gasteiger partial charge in [-0.2, -0.15) is 0 Å². The van der Waals surface area contributed by atoms with Crippen LogP contribution < -0.4 is 4.90 Å². The van der Waals surface area contributed by atoms with Crippen molar-refractivity contribution in [2.45, 2.75) is 12.6 Å². The van der Waals surface area contributed by atoms with Crippen molar-refractivity contribution in [2.75, 3.05) is 25.6 Å². The van der Waals surface area contributed by atoms with Crippen LogP contribution in [0.3, 0.4) is 0 Å². The molecule has 0 saturated heterocycles. The number of esters is 1. The fourth-order valence-electron chi connectivity index (χ4n) is 2.47. The molecule has 3 rings (SSSR count). The fraction of sp³-hybridized carbons (Fsp3) is 0.294. The van der Waals surface area contributed by atoms with Gasteiger partial charge in [-0.3, -0.25) is 0 Å². The molecule has 0 saturated carbocycles. The van der Waals surface area contributed by atoms with Gasteiger partial charge in [0.15, 0.2) is 17.0 Å². The highest BCUT2D eigenvalue weighted by atomic mass is 16.6. The van der Waals surface area contributed by atoms with Gasteiger partial charge in [-0.25, -0.2) is 19.7 Å². The van der Waals surface area contributed by atoms with E-state index in [1.807, 2.05) is 25.1 Å². The minimum Gasteiger partial charge on any atom is -0.454 e. The molecule has 0 fully saturated rings. The normalized spacial score (nSPS) is 12.1. The first-order valence-electron chi connectivity index (χ1n) is 7.80. The predicted molar refractivity (Wildman–Crippen MR) is 92.4 cm³/mol. The summed E-state index contributed by atoms with van der Waals surface area (Å²) in [5, 5.41) is 9.58. The van der Waals surface area contributed by atoms with Crippen LogP contribution in [0.15, 0.2) is 43.0 Å². The summed E-state index contributed by atoms with van der Waals surface area (Å²) in [7, 11) is 3.75. The minimum absolute atomic E-state index is 0.245. The van der Waals surface area contributed by atoms with Crippen molar-refractivity contribution in [3.05, 3.63) is 48.5 Å². The van der Waals surface area contributed by atoms with E-state index < -0.39 is 12.1 Å². The number of benzene rings is 1. The topological polar surface area (TPSA) is 93.4 Å². The summed E-state index contributed by atoms with van der Waals surface area (Å²) in [5.74, 6) is 0.221. The number of carbonyl (C=O) groups excluding carboxylic acids is 1. The first-order valence-corrected chi connectivity index (χ1v) is 7.80. The van der Waals surface area contributed by atoms with E-state index in [1.54, 1.807) is 35.2 Å². The van der Waals surface area contributed by atoms with E-state index in [4.69, 9.17) is 4.74 Å². The van der Waals surface area contributed by atoms with Crippen molar-refractivity contribution in [3.8, 4) is 0 Å². The van der Waals surface area contributed by atoms with Crippen LogP contribution >= 0.6 is 0 Å². The van der Waals surface area contributed by atoms with E-state index in [0.717, 1.165) is 0 Å². The SMILES string of the molecule is CN(C)c1ncnc2c1ncn2CC(CO)OC(=O)c1ccccc1. The Bertz CT molecular complexity index is 863. The molecule has 0 spiro atoms. The summed E-state index contributed by atoms with van der Waals surface area (Å²) >= 11 is 0. The monoisotopic (exact) mass is 341 g/mol. The number of hydrogen-bond donors (Lipinski definition) is 1. The summed E-state index contributed by atoms with van der Waals surface area (Å²) < 4.78 is 7.13. The zero-order valence-electron chi connectivity index (χ0n) is 14.0. The number of ether oxygens (including phenoxy) is 1. The highest BCUT2D eigenvalue weighted by Gasteiger charge is 2.18. The molecule has 8 nitrogen and oxygen atoms in total. The maximum Gasteiger partial charge on any atom is 0.338 e. The molecule has 0 bridgehead atoms. The Morgan fingerprint density at radius 3 is 2.68 bits per heavy atom. The van der Waals surface area contributed by atoms with Crippen LogP contribution in [0.2, 0.25) is 0 Å². The van der Waals surface area contributed by atoms with E-state index in [0.29, 0.717) is 22.5 Å². The van der Waals surface area contributed by atoms with Crippen LogP contribution in [-0.4, -0.2) is 57.4 Å². The van der Waals surface area contributed by atoms with Crippen molar-refractivity contribution in [3.63, 3.8) is 0 Å². The molecular weight excluding hydrogens is 322 g/mol. The van der Waals surface area contributed by atoms with Crippen molar-refractivity contribution < 1.29 is 14.6 Å². The lowest BCUT2D eigenvalue weighted by Crippen LogP contribution is -2.27. The molecule has 0 amide bonds. The van der Waals surface area contributed by atoms with Crippen molar-refractivity contribution in [2.24, 2.45) is 0 Å². The average molecular weight is 341 g/mol. The van der Waals surface area contributed by atoms with Gasteiger partial charge in [-0.05, 0) is 12.1 Å². The summed E-state index contributed by atoms with van der Waals surface area (Å²) in [6, 6.07) is 8.67. The first-order chi connectivity index (χ1) is 12.1. The predicted octanol–water partition coefficient (Wildman–Crippen LogP) is 1.11. The molecule has 1 aromatic carbocycles. The second-order valence-electron chi connectivity index (χ2n) is 5.74. The van der Waals surface area contributed by atoms with Gasteiger partial charge in [0, 0.05) is 14.1 Å². The van der Waals surface area contributed by atoms with Gasteiger partial charge in [-0.1, -0.05) is 18.2 Å². The van der Waals surface area contributed by atoms with Gasteiger partial charge in [0.25, 0.3) is 0 Å². The number of rotatable bonds is 6. The van der Waals surface area contributed by atoms with E-state index in [-0.39, 0.29) is 13.2 Å². The van der Waals surface area contributed by atoms with Gasteiger partial charge in [0.1, 0.15) is 12.4 Å². The van der Waals surface area contributed by atoms with E-state index in [9.17, 15) is 9.90 Å². The van der Waals surface area contributed by atoms with Crippen LogP contribution in [0.1, 0.15) is 10.4 Å². The number of aliphatic hydroxyl groups is 1. The molecule has 0 aliphatic heterocycles. The Morgan fingerprint density at radius 1 is 1.24 bits per heavy atom. The molecular formula is C17H19N5O3. The van der Waals surface area contributed by atoms with Gasteiger partial charge >= 0.3 is 5.97 Å². The first kappa shape index (κ1) is 16.8. The van der Waals surface area contributed by atoms with E-state index in [2.05, 4.69) is 15.0 Å². The highest BCUT2D eigenvalue weighted by Crippen LogP contribution is 2.20. The lowest BCUT2D eigenvalue weighted by atomic mass is 10.2. The van der Waals surface area contributed by atoms with Crippen molar-refractivity contribution >= 4 is 23.0 Å². The van der Waals surface area contributed by atoms with Crippen LogP contribution in [0.25, 0.3) is 11.2 Å². The third-order valence-electron chi connectivity index (χ3n) is 3.69. The number of carbonyl (C=O) groups is 1. The van der Waals surface area contributed by atoms with Crippen LogP contribution in [-0.2, 0) is 11.3 Å². The third-order valence-corrected chi connectivity index (χ3v) is 3.69. The molecule has 1 unspecified atom stereocenters. The van der Waals surface area contributed by atoms with Gasteiger partial charge in [-0.15, -0.1) is 0 Å². The second kappa shape index (κ2) is 7.27. The quantitative estimate of drug-likeness (QED) is 0.671. The molecule has 2 aromatic heterocycles. The fourth-order valence-corrected chi connectivity index (χ4v) is 2.47. The summed E-state index contributed by atoms with van der Waals surface area (Å²) in [6.45, 7) is -0.0562. The Morgan fingerprint density at radius 2 is 2.00 bits per heavy atom. The molecule has 0 aliphatic rings. The Balaban J connectivity index is 1.79. The number of aliphatic hydroxyl groups excluding tert-OH is 1. The minimum atomic E-state index is -0.706. The second-order valence-corrected chi connectivity index (χ2v) is 5.74. The summed E-state index contributed by atoms with van der Waals surface area (Å²) in [4.78, 5) is 26.8. The molecule has 2 heterocycles. The van der Waals surface area contributed by atoms with Gasteiger partial charge in [0.05, 0.1) is 25.0 Å². The molecule has 0 aliphatic carbocycles. The summed E-state index contributed by atoms with van der Waals surface area (Å²) in [5.41, 5.74) is 1.71. The van der Waals surface area contributed by atoms with Gasteiger partial charge < -0.3 is 19.3 Å². The zero-order valence-corrected chi connectivity index (χ0v) is 14.0. The molecule has 25 heavy (non-hydrogen) atoms. The number of nitrogens with zero attached hydrogens (tertiary/aromatic N) is 5. The maximum absolute atomic E-state index is 12.2. The number of anilines is 1. The van der Waals surface area contributed by atoms with Gasteiger partial charge in [0.2, 0.25) is 0 Å². The van der Waals surface area contributed by atoms with Crippen molar-refractivity contribution in [1.29, 1.82) is 0 Å². The lowest BCUT2D eigenvalue weighted by Gasteiger charge is -2.16.